The lowest BCUT2D eigenvalue weighted by Crippen LogP contribution is -2.24. The normalized spacial score (nSPS) is 17.7. The van der Waals surface area contributed by atoms with Gasteiger partial charge in [0, 0.05) is 44.1 Å². The average Bonchev–Trinajstić information content (AvgIpc) is 3.26. The molecule has 3 aromatic rings. The SMILES string of the molecule is Cn1ccnc1CN1CCCC1c1ccnc(Nc2ncccn2)c1. The van der Waals surface area contributed by atoms with Crippen molar-refractivity contribution in [3.05, 3.63) is 60.6 Å². The Morgan fingerprint density at radius 1 is 1.12 bits per heavy atom. The molecular formula is C18H21N7. The summed E-state index contributed by atoms with van der Waals surface area (Å²) >= 11 is 0. The summed E-state index contributed by atoms with van der Waals surface area (Å²) in [7, 11) is 2.04. The van der Waals surface area contributed by atoms with Gasteiger partial charge in [-0.2, -0.15) is 0 Å². The highest BCUT2D eigenvalue weighted by Gasteiger charge is 2.27. The van der Waals surface area contributed by atoms with Gasteiger partial charge in [0.1, 0.15) is 11.6 Å². The van der Waals surface area contributed by atoms with Crippen molar-refractivity contribution in [3.63, 3.8) is 0 Å². The highest BCUT2D eigenvalue weighted by atomic mass is 15.2. The number of likely N-dealkylation sites (tertiary alicyclic amines) is 1. The molecule has 1 aliphatic heterocycles. The zero-order chi connectivity index (χ0) is 17.1. The van der Waals surface area contributed by atoms with E-state index in [1.807, 2.05) is 25.6 Å². The van der Waals surface area contributed by atoms with Crippen molar-refractivity contribution in [2.24, 2.45) is 7.05 Å². The minimum absolute atomic E-state index is 0.386. The van der Waals surface area contributed by atoms with Crippen molar-refractivity contribution in [1.29, 1.82) is 0 Å². The summed E-state index contributed by atoms with van der Waals surface area (Å²) in [4.78, 5) is 19.7. The predicted octanol–water partition coefficient (Wildman–Crippen LogP) is 2.69. The fourth-order valence-corrected chi connectivity index (χ4v) is 3.32. The predicted molar refractivity (Wildman–Crippen MR) is 95.1 cm³/mol. The van der Waals surface area contributed by atoms with E-state index < -0.39 is 0 Å². The summed E-state index contributed by atoms with van der Waals surface area (Å²) in [6, 6.07) is 6.37. The van der Waals surface area contributed by atoms with Crippen molar-refractivity contribution < 1.29 is 0 Å². The Bertz CT molecular complexity index is 830. The van der Waals surface area contributed by atoms with Gasteiger partial charge < -0.3 is 9.88 Å². The van der Waals surface area contributed by atoms with E-state index in [-0.39, 0.29) is 0 Å². The molecule has 1 aliphatic rings. The lowest BCUT2D eigenvalue weighted by Gasteiger charge is -2.24. The van der Waals surface area contributed by atoms with Crippen molar-refractivity contribution in [3.8, 4) is 0 Å². The van der Waals surface area contributed by atoms with E-state index in [0.29, 0.717) is 12.0 Å². The zero-order valence-corrected chi connectivity index (χ0v) is 14.2. The molecule has 1 atom stereocenters. The van der Waals surface area contributed by atoms with Crippen molar-refractivity contribution in [1.82, 2.24) is 29.4 Å². The second-order valence-electron chi connectivity index (χ2n) is 6.25. The number of nitrogens with zero attached hydrogens (tertiary/aromatic N) is 6. The Morgan fingerprint density at radius 3 is 2.80 bits per heavy atom. The summed E-state index contributed by atoms with van der Waals surface area (Å²) in [5.41, 5.74) is 1.26. The van der Waals surface area contributed by atoms with Crippen LogP contribution >= 0.6 is 0 Å². The second-order valence-corrected chi connectivity index (χ2v) is 6.25. The van der Waals surface area contributed by atoms with Gasteiger partial charge in [-0.15, -0.1) is 0 Å². The van der Waals surface area contributed by atoms with Crippen LogP contribution in [0.2, 0.25) is 0 Å². The lowest BCUT2D eigenvalue weighted by molar-refractivity contribution is 0.240. The molecular weight excluding hydrogens is 314 g/mol. The minimum Gasteiger partial charge on any atom is -0.337 e. The highest BCUT2D eigenvalue weighted by Crippen LogP contribution is 2.33. The molecule has 4 heterocycles. The quantitative estimate of drug-likeness (QED) is 0.773. The molecule has 1 saturated heterocycles. The molecule has 0 radical (unpaired) electrons. The van der Waals surface area contributed by atoms with Gasteiger partial charge in [-0.05, 0) is 43.1 Å². The number of aromatic nitrogens is 5. The molecule has 1 N–H and O–H groups in total. The van der Waals surface area contributed by atoms with Gasteiger partial charge in [-0.25, -0.2) is 19.9 Å². The summed E-state index contributed by atoms with van der Waals surface area (Å²) in [6.07, 6.45) is 11.5. The Morgan fingerprint density at radius 2 is 2.00 bits per heavy atom. The molecule has 0 aromatic carbocycles. The fraction of sp³-hybridized carbons (Fsp3) is 0.333. The van der Waals surface area contributed by atoms with E-state index in [1.165, 1.54) is 12.0 Å². The van der Waals surface area contributed by atoms with E-state index in [2.05, 4.69) is 46.9 Å². The molecule has 25 heavy (non-hydrogen) atoms. The molecule has 3 aromatic heterocycles. The Hall–Kier alpha value is -2.80. The monoisotopic (exact) mass is 335 g/mol. The van der Waals surface area contributed by atoms with Crippen LogP contribution in [0.5, 0.6) is 0 Å². The fourth-order valence-electron chi connectivity index (χ4n) is 3.32. The van der Waals surface area contributed by atoms with Crippen LogP contribution in [-0.4, -0.2) is 35.9 Å². The van der Waals surface area contributed by atoms with Crippen molar-refractivity contribution in [2.45, 2.75) is 25.4 Å². The number of nitrogens with one attached hydrogen (secondary N) is 1. The standard InChI is InChI=1S/C18H21N7/c1-24-11-9-20-17(24)13-25-10-2-4-15(25)14-5-8-19-16(12-14)23-18-21-6-3-7-22-18/h3,5-9,11-12,15H,2,4,10,13H2,1H3,(H,19,21,22,23). The molecule has 7 nitrogen and oxygen atoms in total. The summed E-state index contributed by atoms with van der Waals surface area (Å²) in [5.74, 6) is 2.42. The van der Waals surface area contributed by atoms with E-state index in [1.54, 1.807) is 18.5 Å². The van der Waals surface area contributed by atoms with Crippen LogP contribution in [0.15, 0.2) is 49.2 Å². The van der Waals surface area contributed by atoms with Crippen LogP contribution < -0.4 is 5.32 Å². The number of rotatable bonds is 5. The van der Waals surface area contributed by atoms with Crippen LogP contribution in [0.3, 0.4) is 0 Å². The summed E-state index contributed by atoms with van der Waals surface area (Å²) in [5, 5.41) is 3.17. The third-order valence-electron chi connectivity index (χ3n) is 4.60. The van der Waals surface area contributed by atoms with Gasteiger partial charge in [0.25, 0.3) is 0 Å². The molecule has 4 rings (SSSR count). The molecule has 0 saturated carbocycles. The van der Waals surface area contributed by atoms with E-state index in [0.717, 1.165) is 31.2 Å². The Balaban J connectivity index is 1.52. The number of aryl methyl sites for hydroxylation is 1. The average molecular weight is 335 g/mol. The Labute approximate surface area is 146 Å². The number of imidazole rings is 1. The first kappa shape index (κ1) is 15.7. The van der Waals surface area contributed by atoms with E-state index >= 15 is 0 Å². The third kappa shape index (κ3) is 3.51. The molecule has 128 valence electrons. The van der Waals surface area contributed by atoms with Crippen LogP contribution in [0.1, 0.15) is 30.3 Å². The van der Waals surface area contributed by atoms with Crippen LogP contribution in [0.4, 0.5) is 11.8 Å². The zero-order valence-electron chi connectivity index (χ0n) is 14.2. The van der Waals surface area contributed by atoms with Gasteiger partial charge in [0.2, 0.25) is 5.95 Å². The molecule has 0 aliphatic carbocycles. The summed E-state index contributed by atoms with van der Waals surface area (Å²) in [6.45, 7) is 1.95. The molecule has 0 bridgehead atoms. The smallest absolute Gasteiger partial charge is 0.228 e. The molecule has 0 amide bonds. The number of anilines is 2. The third-order valence-corrected chi connectivity index (χ3v) is 4.60. The highest BCUT2D eigenvalue weighted by molar-refractivity contribution is 5.48. The van der Waals surface area contributed by atoms with E-state index in [4.69, 9.17) is 0 Å². The second kappa shape index (κ2) is 6.98. The number of pyridine rings is 1. The number of hydrogen-bond donors (Lipinski definition) is 1. The molecule has 0 spiro atoms. The molecule has 7 heteroatoms. The summed E-state index contributed by atoms with van der Waals surface area (Å²) < 4.78 is 2.08. The maximum atomic E-state index is 4.46. The molecule has 1 fully saturated rings. The maximum absolute atomic E-state index is 4.46. The van der Waals surface area contributed by atoms with Crippen molar-refractivity contribution in [2.75, 3.05) is 11.9 Å². The molecule has 1 unspecified atom stereocenters. The topological polar surface area (TPSA) is 71.8 Å². The van der Waals surface area contributed by atoms with Crippen LogP contribution in [-0.2, 0) is 13.6 Å². The lowest BCUT2D eigenvalue weighted by atomic mass is 10.1. The van der Waals surface area contributed by atoms with Crippen molar-refractivity contribution >= 4 is 11.8 Å². The number of hydrogen-bond acceptors (Lipinski definition) is 6. The maximum Gasteiger partial charge on any atom is 0.228 e. The Kier molecular flexibility index (Phi) is 4.39. The van der Waals surface area contributed by atoms with Gasteiger partial charge in [-0.3, -0.25) is 4.90 Å². The van der Waals surface area contributed by atoms with Gasteiger partial charge >= 0.3 is 0 Å². The first-order valence-electron chi connectivity index (χ1n) is 8.50. The van der Waals surface area contributed by atoms with Crippen LogP contribution in [0.25, 0.3) is 0 Å². The minimum atomic E-state index is 0.386. The van der Waals surface area contributed by atoms with Gasteiger partial charge in [-0.1, -0.05) is 0 Å². The van der Waals surface area contributed by atoms with Gasteiger partial charge in [0.05, 0.1) is 6.54 Å². The first-order valence-corrected chi connectivity index (χ1v) is 8.50. The largest absolute Gasteiger partial charge is 0.337 e. The van der Waals surface area contributed by atoms with E-state index in [9.17, 15) is 0 Å². The van der Waals surface area contributed by atoms with Crippen LogP contribution in [0, 0.1) is 0 Å². The van der Waals surface area contributed by atoms with Gasteiger partial charge in [0.15, 0.2) is 0 Å². The first-order chi connectivity index (χ1) is 12.3.